The second-order valence-corrected chi connectivity index (χ2v) is 5.30. The Labute approximate surface area is 120 Å². The number of aryl methyl sites for hydroxylation is 1. The molecule has 0 saturated carbocycles. The molecule has 4 heterocycles. The van der Waals surface area contributed by atoms with Crippen LogP contribution in [0.25, 0.3) is 5.65 Å². The van der Waals surface area contributed by atoms with Crippen LogP contribution >= 0.6 is 0 Å². The average molecular weight is 285 g/mol. The van der Waals surface area contributed by atoms with Crippen LogP contribution in [0.5, 0.6) is 0 Å². The van der Waals surface area contributed by atoms with E-state index in [4.69, 9.17) is 0 Å². The molecule has 0 radical (unpaired) electrons. The van der Waals surface area contributed by atoms with Gasteiger partial charge in [-0.2, -0.15) is 0 Å². The van der Waals surface area contributed by atoms with Crippen molar-refractivity contribution >= 4 is 11.5 Å². The Kier molecular flexibility index (Phi) is 2.76. The van der Waals surface area contributed by atoms with Gasteiger partial charge in [0.15, 0.2) is 11.5 Å². The van der Waals surface area contributed by atoms with E-state index < -0.39 is 0 Å². The standard InChI is InChI=1S/C12H15N9/c1-19-8-13-15-12(19)9-3-2-6-20(7-9)11-5-4-10-14-17-18-21(10)16-11/h4-5,8-9H,2-3,6-7H2,1H3. The Morgan fingerprint density at radius 3 is 3.05 bits per heavy atom. The van der Waals surface area contributed by atoms with Gasteiger partial charge in [-0.25, -0.2) is 0 Å². The molecular weight excluding hydrogens is 270 g/mol. The van der Waals surface area contributed by atoms with Crippen LogP contribution in [-0.2, 0) is 7.05 Å². The molecule has 3 aromatic rings. The summed E-state index contributed by atoms with van der Waals surface area (Å²) in [4.78, 5) is 2.25. The molecule has 3 aromatic heterocycles. The van der Waals surface area contributed by atoms with Gasteiger partial charge in [0.1, 0.15) is 12.2 Å². The quantitative estimate of drug-likeness (QED) is 0.656. The van der Waals surface area contributed by atoms with E-state index in [0.717, 1.165) is 37.6 Å². The lowest BCUT2D eigenvalue weighted by atomic mass is 9.97. The highest BCUT2D eigenvalue weighted by Gasteiger charge is 2.25. The molecule has 108 valence electrons. The van der Waals surface area contributed by atoms with E-state index in [-0.39, 0.29) is 0 Å². The van der Waals surface area contributed by atoms with Gasteiger partial charge in [-0.15, -0.1) is 25.0 Å². The van der Waals surface area contributed by atoms with Gasteiger partial charge in [0.2, 0.25) is 0 Å². The first-order valence-electron chi connectivity index (χ1n) is 6.95. The Balaban J connectivity index is 1.61. The number of piperidine rings is 1. The molecule has 9 heteroatoms. The highest BCUT2D eigenvalue weighted by atomic mass is 15.6. The summed E-state index contributed by atoms with van der Waals surface area (Å²) in [5, 5.41) is 24.0. The summed E-state index contributed by atoms with van der Waals surface area (Å²) in [6.45, 7) is 1.86. The number of rotatable bonds is 2. The van der Waals surface area contributed by atoms with Crippen molar-refractivity contribution in [3.05, 3.63) is 24.3 Å². The van der Waals surface area contributed by atoms with Crippen LogP contribution in [0.4, 0.5) is 5.82 Å². The molecule has 1 aliphatic heterocycles. The van der Waals surface area contributed by atoms with E-state index >= 15 is 0 Å². The molecule has 0 N–H and O–H groups in total. The van der Waals surface area contributed by atoms with Crippen LogP contribution < -0.4 is 4.90 Å². The van der Waals surface area contributed by atoms with Gasteiger partial charge < -0.3 is 9.47 Å². The van der Waals surface area contributed by atoms with Crippen LogP contribution in [0, 0.1) is 0 Å². The van der Waals surface area contributed by atoms with Crippen molar-refractivity contribution in [1.29, 1.82) is 0 Å². The fourth-order valence-corrected chi connectivity index (χ4v) is 2.87. The van der Waals surface area contributed by atoms with Crippen LogP contribution in [0.1, 0.15) is 24.6 Å². The minimum atomic E-state index is 0.373. The summed E-state index contributed by atoms with van der Waals surface area (Å²) < 4.78 is 3.45. The molecule has 0 bridgehead atoms. The van der Waals surface area contributed by atoms with Gasteiger partial charge in [-0.05, 0) is 35.4 Å². The molecule has 0 aliphatic carbocycles. The van der Waals surface area contributed by atoms with Crippen molar-refractivity contribution in [2.24, 2.45) is 7.05 Å². The zero-order valence-electron chi connectivity index (χ0n) is 11.7. The van der Waals surface area contributed by atoms with Gasteiger partial charge >= 0.3 is 0 Å². The van der Waals surface area contributed by atoms with E-state index in [0.29, 0.717) is 11.6 Å². The molecule has 1 saturated heterocycles. The SMILES string of the molecule is Cn1cnnc1C1CCCN(c2ccc3nnnn3n2)C1. The number of nitrogens with zero attached hydrogens (tertiary/aromatic N) is 9. The third-order valence-corrected chi connectivity index (χ3v) is 3.91. The van der Waals surface area contributed by atoms with Crippen molar-refractivity contribution in [3.8, 4) is 0 Å². The van der Waals surface area contributed by atoms with Gasteiger partial charge in [-0.1, -0.05) is 0 Å². The largest absolute Gasteiger partial charge is 0.354 e. The maximum Gasteiger partial charge on any atom is 0.200 e. The lowest BCUT2D eigenvalue weighted by Gasteiger charge is -2.32. The predicted molar refractivity (Wildman–Crippen MR) is 73.8 cm³/mol. The smallest absolute Gasteiger partial charge is 0.200 e. The Morgan fingerprint density at radius 1 is 1.24 bits per heavy atom. The Bertz CT molecular complexity index is 761. The fraction of sp³-hybridized carbons (Fsp3) is 0.500. The summed E-state index contributed by atoms with van der Waals surface area (Å²) in [6, 6.07) is 3.85. The van der Waals surface area contributed by atoms with Crippen molar-refractivity contribution in [3.63, 3.8) is 0 Å². The van der Waals surface area contributed by atoms with Crippen molar-refractivity contribution < 1.29 is 0 Å². The third-order valence-electron chi connectivity index (χ3n) is 3.91. The van der Waals surface area contributed by atoms with E-state index in [9.17, 15) is 0 Å². The first-order valence-corrected chi connectivity index (χ1v) is 6.95. The number of anilines is 1. The van der Waals surface area contributed by atoms with Crippen LogP contribution in [-0.4, -0.2) is 53.1 Å². The minimum absolute atomic E-state index is 0.373. The molecule has 0 aromatic carbocycles. The average Bonchev–Trinajstić information content (AvgIpc) is 3.15. The van der Waals surface area contributed by atoms with Crippen LogP contribution in [0.15, 0.2) is 18.5 Å². The van der Waals surface area contributed by atoms with Crippen molar-refractivity contribution in [1.82, 2.24) is 40.0 Å². The molecule has 1 atom stereocenters. The summed E-state index contributed by atoms with van der Waals surface area (Å²) in [5.41, 5.74) is 0.653. The fourth-order valence-electron chi connectivity index (χ4n) is 2.87. The number of hydrogen-bond donors (Lipinski definition) is 0. The monoisotopic (exact) mass is 285 g/mol. The molecule has 9 nitrogen and oxygen atoms in total. The number of aromatic nitrogens is 8. The minimum Gasteiger partial charge on any atom is -0.354 e. The maximum absolute atomic E-state index is 4.46. The molecule has 0 amide bonds. The zero-order chi connectivity index (χ0) is 14.2. The summed E-state index contributed by atoms with van der Waals surface area (Å²) in [7, 11) is 1.99. The predicted octanol–water partition coefficient (Wildman–Crippen LogP) is 0.0318. The third kappa shape index (κ3) is 2.10. The molecule has 21 heavy (non-hydrogen) atoms. The Morgan fingerprint density at radius 2 is 2.19 bits per heavy atom. The molecular formula is C12H15N9. The van der Waals surface area contributed by atoms with Gasteiger partial charge in [-0.3, -0.25) is 0 Å². The van der Waals surface area contributed by atoms with E-state index in [1.54, 1.807) is 6.33 Å². The first-order chi connectivity index (χ1) is 10.3. The number of tetrazole rings is 1. The first kappa shape index (κ1) is 12.2. The topological polar surface area (TPSA) is 89.9 Å². The second-order valence-electron chi connectivity index (χ2n) is 5.30. The van der Waals surface area contributed by atoms with Crippen molar-refractivity contribution in [2.75, 3.05) is 18.0 Å². The lowest BCUT2D eigenvalue weighted by Crippen LogP contribution is -2.36. The van der Waals surface area contributed by atoms with E-state index in [1.165, 1.54) is 4.63 Å². The van der Waals surface area contributed by atoms with E-state index in [1.807, 2.05) is 23.7 Å². The normalized spacial score (nSPS) is 19.3. The van der Waals surface area contributed by atoms with E-state index in [2.05, 4.69) is 35.7 Å². The van der Waals surface area contributed by atoms with Crippen molar-refractivity contribution in [2.45, 2.75) is 18.8 Å². The highest BCUT2D eigenvalue weighted by Crippen LogP contribution is 2.27. The molecule has 1 fully saturated rings. The summed E-state index contributed by atoms with van der Waals surface area (Å²) in [6.07, 6.45) is 3.97. The number of fused-ring (bicyclic) bond motifs is 1. The van der Waals surface area contributed by atoms with Crippen LogP contribution in [0.2, 0.25) is 0 Å². The van der Waals surface area contributed by atoms with Gasteiger partial charge in [0, 0.05) is 26.1 Å². The maximum atomic E-state index is 4.46. The lowest BCUT2D eigenvalue weighted by molar-refractivity contribution is 0.475. The molecule has 0 spiro atoms. The second kappa shape index (κ2) is 4.76. The van der Waals surface area contributed by atoms with Gasteiger partial charge in [0.25, 0.3) is 0 Å². The summed E-state index contributed by atoms with van der Waals surface area (Å²) in [5.74, 6) is 2.29. The van der Waals surface area contributed by atoms with Gasteiger partial charge in [0.05, 0.1) is 0 Å². The zero-order valence-corrected chi connectivity index (χ0v) is 11.7. The molecule has 1 unspecified atom stereocenters. The number of hydrogen-bond acceptors (Lipinski definition) is 7. The molecule has 4 rings (SSSR count). The Hall–Kier alpha value is -2.58. The summed E-state index contributed by atoms with van der Waals surface area (Å²) >= 11 is 0. The van der Waals surface area contributed by atoms with Crippen LogP contribution in [0.3, 0.4) is 0 Å². The highest BCUT2D eigenvalue weighted by molar-refractivity contribution is 5.45. The molecule has 1 aliphatic rings.